The molecule has 0 saturated carbocycles. The van der Waals surface area contributed by atoms with Gasteiger partial charge in [0, 0.05) is 11.1 Å². The lowest BCUT2D eigenvalue weighted by molar-refractivity contribution is 0.690. The zero-order chi connectivity index (χ0) is 8.20. The van der Waals surface area contributed by atoms with Gasteiger partial charge >= 0.3 is 0 Å². The van der Waals surface area contributed by atoms with E-state index in [4.69, 9.17) is 0 Å². The molecule has 62 valence electrons. The molecule has 0 spiro atoms. The van der Waals surface area contributed by atoms with Crippen LogP contribution >= 0.6 is 29.1 Å². The normalized spacial score (nSPS) is 15.3. The van der Waals surface area contributed by atoms with Gasteiger partial charge in [0.05, 0.1) is 0 Å². The van der Waals surface area contributed by atoms with Crippen LogP contribution in [0.1, 0.15) is 27.2 Å². The summed E-state index contributed by atoms with van der Waals surface area (Å²) in [5.41, 5.74) is 0. The van der Waals surface area contributed by atoms with Crippen molar-refractivity contribution >= 4 is 29.1 Å². The van der Waals surface area contributed by atoms with E-state index in [2.05, 4.69) is 45.1 Å². The monoisotopic (exact) mass is 196 g/mol. The molecule has 1 atom stereocenters. The summed E-state index contributed by atoms with van der Waals surface area (Å²) in [5.74, 6) is 0. The van der Waals surface area contributed by atoms with E-state index >= 15 is 0 Å². The second-order valence-electron chi connectivity index (χ2n) is 2.83. The van der Waals surface area contributed by atoms with Gasteiger partial charge in [-0.3, -0.25) is 0 Å². The Balaban J connectivity index is 3.64. The van der Waals surface area contributed by atoms with Crippen molar-refractivity contribution in [2.24, 2.45) is 0 Å². The van der Waals surface area contributed by atoms with Crippen LogP contribution in [0.3, 0.4) is 0 Å². The maximum atomic E-state index is 2.34. The van der Waals surface area contributed by atoms with Gasteiger partial charge in [0.25, 0.3) is 0 Å². The topological polar surface area (TPSA) is 0 Å². The lowest BCUT2D eigenvalue weighted by Gasteiger charge is -2.24. The van der Waals surface area contributed by atoms with Gasteiger partial charge < -0.3 is 0 Å². The van der Waals surface area contributed by atoms with Crippen LogP contribution in [-0.4, -0.2) is 17.7 Å². The average molecular weight is 196 g/mol. The van der Waals surface area contributed by atoms with Gasteiger partial charge in [0.1, 0.15) is 0 Å². The molecule has 0 aromatic carbocycles. The fourth-order valence-corrected chi connectivity index (χ4v) is 6.54. The van der Waals surface area contributed by atoms with Crippen molar-refractivity contribution in [3.05, 3.63) is 0 Å². The second-order valence-corrected chi connectivity index (χ2v) is 11.0. The van der Waals surface area contributed by atoms with E-state index in [0.717, 1.165) is 0 Å². The minimum atomic E-state index is 0.161. The molecule has 0 radical (unpaired) electrons. The molecule has 0 N–H and O–H groups in total. The second kappa shape index (κ2) is 4.90. The highest BCUT2D eigenvalue weighted by Gasteiger charge is 2.18. The van der Waals surface area contributed by atoms with Crippen LogP contribution in [0.15, 0.2) is 0 Å². The van der Waals surface area contributed by atoms with Gasteiger partial charge in [-0.15, -0.1) is 22.8 Å². The van der Waals surface area contributed by atoms with E-state index in [1.807, 2.05) is 11.4 Å². The fraction of sp³-hybridized carbons (Fsp3) is 1.00. The molecule has 0 bridgehead atoms. The summed E-state index contributed by atoms with van der Waals surface area (Å²) in [7, 11) is 0. The lowest BCUT2D eigenvalue weighted by Crippen LogP contribution is -2.10. The van der Waals surface area contributed by atoms with Crippen molar-refractivity contribution in [3.63, 3.8) is 0 Å². The lowest BCUT2D eigenvalue weighted by atomic mass is 10.1. The largest absolute Gasteiger partial charge is 0.127 e. The molecule has 0 aliphatic rings. The van der Waals surface area contributed by atoms with E-state index in [1.54, 1.807) is 0 Å². The highest BCUT2D eigenvalue weighted by atomic mass is 33.1. The molecule has 1 unspecified atom stereocenters. The Kier molecular flexibility index (Phi) is 5.45. The van der Waals surface area contributed by atoms with Crippen molar-refractivity contribution in [2.75, 3.05) is 12.9 Å². The molecule has 0 amide bonds. The molecule has 0 aromatic heterocycles. The first-order valence-electron chi connectivity index (χ1n) is 3.49. The summed E-state index contributed by atoms with van der Waals surface area (Å²) < 4.78 is 0.490. The molecule has 3 heteroatoms. The highest BCUT2D eigenvalue weighted by molar-refractivity contribution is 8.88. The highest BCUT2D eigenvalue weighted by Crippen LogP contribution is 2.61. The fourth-order valence-electron chi connectivity index (χ4n) is 0.450. The maximum absolute atomic E-state index is 2.34. The zero-order valence-corrected chi connectivity index (χ0v) is 10.00. The first kappa shape index (κ1) is 11.1. The molecule has 0 saturated heterocycles. The van der Waals surface area contributed by atoms with Crippen LogP contribution in [0.2, 0.25) is 0 Å². The van der Waals surface area contributed by atoms with Crippen LogP contribution in [0.4, 0.5) is 0 Å². The Hall–Kier alpha value is 1.13. The Labute approximate surface area is 74.2 Å². The predicted molar refractivity (Wildman–Crippen MR) is 58.3 cm³/mol. The minimum absolute atomic E-state index is 0.161. The molecule has 0 aliphatic heterocycles. The minimum Gasteiger partial charge on any atom is -0.127 e. The Morgan fingerprint density at radius 1 is 1.40 bits per heavy atom. The van der Waals surface area contributed by atoms with Crippen LogP contribution in [0.5, 0.6) is 0 Å². The summed E-state index contributed by atoms with van der Waals surface area (Å²) in [6, 6.07) is 0. The van der Waals surface area contributed by atoms with E-state index in [-0.39, 0.29) is 6.33 Å². The van der Waals surface area contributed by atoms with Crippen molar-refractivity contribution in [1.29, 1.82) is 0 Å². The van der Waals surface area contributed by atoms with E-state index in [9.17, 15) is 0 Å². The van der Waals surface area contributed by atoms with Crippen molar-refractivity contribution in [2.45, 2.75) is 31.9 Å². The average Bonchev–Trinajstić information content (AvgIpc) is 1.87. The molecule has 0 aromatic rings. The van der Waals surface area contributed by atoms with Crippen LogP contribution < -0.4 is 0 Å². The molecule has 10 heavy (non-hydrogen) atoms. The smallest absolute Gasteiger partial charge is 0.0150 e. The molecular weight excluding hydrogens is 179 g/mol. The molecular formula is C7H17PS2. The SMILES string of the molecule is CCC(C)(C)SP(C)SC. The van der Waals surface area contributed by atoms with Crippen molar-refractivity contribution in [3.8, 4) is 0 Å². The van der Waals surface area contributed by atoms with Gasteiger partial charge in [-0.1, -0.05) is 20.8 Å². The number of hydrogen-bond acceptors (Lipinski definition) is 2. The maximum Gasteiger partial charge on any atom is 0.0150 e. The summed E-state index contributed by atoms with van der Waals surface area (Å²) in [6.07, 6.45) is 3.63. The van der Waals surface area contributed by atoms with Crippen molar-refractivity contribution < 1.29 is 0 Å². The molecule has 0 fully saturated rings. The van der Waals surface area contributed by atoms with Crippen LogP contribution in [-0.2, 0) is 0 Å². The zero-order valence-electron chi connectivity index (χ0n) is 7.47. The Bertz CT molecular complexity index is 93.6. The van der Waals surface area contributed by atoms with E-state index < -0.39 is 0 Å². The summed E-state index contributed by atoms with van der Waals surface area (Å²) in [5, 5.41) is 0. The quantitative estimate of drug-likeness (QED) is 0.618. The number of rotatable bonds is 4. The Morgan fingerprint density at radius 2 is 1.90 bits per heavy atom. The third kappa shape index (κ3) is 4.87. The molecule has 0 heterocycles. The van der Waals surface area contributed by atoms with Gasteiger partial charge in [-0.2, -0.15) is 0 Å². The van der Waals surface area contributed by atoms with Crippen LogP contribution in [0.25, 0.3) is 0 Å². The summed E-state index contributed by atoms with van der Waals surface area (Å²) in [6.45, 7) is 9.25. The predicted octanol–water partition coefficient (Wildman–Crippen LogP) is 4.21. The van der Waals surface area contributed by atoms with Gasteiger partial charge in [0.15, 0.2) is 0 Å². The summed E-state index contributed by atoms with van der Waals surface area (Å²) >= 11 is 4.12. The van der Waals surface area contributed by atoms with Gasteiger partial charge in [-0.05, 0) is 19.3 Å². The standard InChI is InChI=1S/C7H17PS2/c1-6-7(2,3)10-8(4)9-5/h6H2,1-5H3. The molecule has 0 rings (SSSR count). The van der Waals surface area contributed by atoms with Gasteiger partial charge in [-0.25, -0.2) is 0 Å². The van der Waals surface area contributed by atoms with Crippen LogP contribution in [0, 0.1) is 0 Å². The first-order chi connectivity index (χ1) is 4.52. The first-order valence-corrected chi connectivity index (χ1v) is 8.53. The van der Waals surface area contributed by atoms with E-state index in [0.29, 0.717) is 4.75 Å². The molecule has 0 aliphatic carbocycles. The number of hydrogen-bond donors (Lipinski definition) is 0. The third-order valence-electron chi connectivity index (χ3n) is 1.48. The molecule has 0 nitrogen and oxygen atoms in total. The summed E-state index contributed by atoms with van der Waals surface area (Å²) in [4.78, 5) is 0. The van der Waals surface area contributed by atoms with E-state index in [1.165, 1.54) is 6.42 Å². The van der Waals surface area contributed by atoms with Gasteiger partial charge in [0.2, 0.25) is 0 Å². The Morgan fingerprint density at radius 3 is 2.20 bits per heavy atom. The van der Waals surface area contributed by atoms with Crippen molar-refractivity contribution in [1.82, 2.24) is 0 Å². The third-order valence-corrected chi connectivity index (χ3v) is 8.85.